The Balaban J connectivity index is 2.05. The molecular weight excluding hydrogens is 196 g/mol. The van der Waals surface area contributed by atoms with Gasteiger partial charge >= 0.3 is 0 Å². The maximum atomic E-state index is 9.58. The number of hydrogen-bond acceptors (Lipinski definition) is 5. The summed E-state index contributed by atoms with van der Waals surface area (Å²) in [6.45, 7) is 3.39. The summed E-state index contributed by atoms with van der Waals surface area (Å²) in [4.78, 5) is 6.14. The van der Waals surface area contributed by atoms with Gasteiger partial charge in [-0.3, -0.25) is 0 Å². The van der Waals surface area contributed by atoms with Crippen LogP contribution in [0.15, 0.2) is 10.7 Å². The highest BCUT2D eigenvalue weighted by Crippen LogP contribution is 2.22. The second kappa shape index (κ2) is 4.20. The van der Waals surface area contributed by atoms with Crippen molar-refractivity contribution in [1.82, 2.24) is 4.98 Å². The number of aromatic nitrogens is 1. The first-order valence-corrected chi connectivity index (χ1v) is 5.19. The van der Waals surface area contributed by atoms with Crippen LogP contribution in [0.25, 0.3) is 0 Å². The SMILES string of the molecule is CC1CN(c2nc(CO)co2)CCC1O. The molecule has 0 aromatic carbocycles. The van der Waals surface area contributed by atoms with E-state index in [1.54, 1.807) is 0 Å². The molecule has 1 aliphatic rings. The smallest absolute Gasteiger partial charge is 0.297 e. The van der Waals surface area contributed by atoms with E-state index in [0.717, 1.165) is 19.5 Å². The Hall–Kier alpha value is -1.07. The van der Waals surface area contributed by atoms with Crippen LogP contribution in [0.3, 0.4) is 0 Å². The molecule has 0 amide bonds. The first kappa shape index (κ1) is 10.4. The normalized spacial score (nSPS) is 27.0. The molecule has 1 aliphatic heterocycles. The quantitative estimate of drug-likeness (QED) is 0.741. The molecule has 0 spiro atoms. The van der Waals surface area contributed by atoms with E-state index in [1.165, 1.54) is 6.26 Å². The predicted octanol–water partition coefficient (Wildman–Crippen LogP) is 0.374. The lowest BCUT2D eigenvalue weighted by Gasteiger charge is -2.33. The zero-order valence-electron chi connectivity index (χ0n) is 8.76. The van der Waals surface area contributed by atoms with Crippen molar-refractivity contribution < 1.29 is 14.6 Å². The minimum absolute atomic E-state index is 0.102. The molecule has 1 aromatic rings. The molecule has 0 aliphatic carbocycles. The average Bonchev–Trinajstić information content (AvgIpc) is 2.70. The third-order valence-corrected chi connectivity index (χ3v) is 2.83. The fourth-order valence-corrected chi connectivity index (χ4v) is 1.82. The third-order valence-electron chi connectivity index (χ3n) is 2.83. The number of aliphatic hydroxyl groups excluding tert-OH is 2. The number of rotatable bonds is 2. The summed E-state index contributed by atoms with van der Waals surface area (Å²) < 4.78 is 5.25. The van der Waals surface area contributed by atoms with E-state index in [4.69, 9.17) is 9.52 Å². The molecule has 1 fully saturated rings. The van der Waals surface area contributed by atoms with Gasteiger partial charge in [-0.05, 0) is 12.3 Å². The van der Waals surface area contributed by atoms with Gasteiger partial charge in [0, 0.05) is 13.1 Å². The first-order valence-electron chi connectivity index (χ1n) is 5.19. The van der Waals surface area contributed by atoms with Gasteiger partial charge in [0.2, 0.25) is 0 Å². The largest absolute Gasteiger partial charge is 0.432 e. The van der Waals surface area contributed by atoms with Crippen LogP contribution in [0.4, 0.5) is 6.01 Å². The fraction of sp³-hybridized carbons (Fsp3) is 0.700. The summed E-state index contributed by atoms with van der Waals surface area (Å²) in [5.74, 6) is 0.225. The van der Waals surface area contributed by atoms with Crippen molar-refractivity contribution in [2.75, 3.05) is 18.0 Å². The van der Waals surface area contributed by atoms with Crippen molar-refractivity contribution in [1.29, 1.82) is 0 Å². The van der Waals surface area contributed by atoms with Crippen molar-refractivity contribution >= 4 is 6.01 Å². The molecule has 0 bridgehead atoms. The van der Waals surface area contributed by atoms with Crippen molar-refractivity contribution in [3.63, 3.8) is 0 Å². The Labute approximate surface area is 88.3 Å². The number of piperidine rings is 1. The van der Waals surface area contributed by atoms with Gasteiger partial charge in [0.15, 0.2) is 0 Å². The molecule has 5 nitrogen and oxygen atoms in total. The van der Waals surface area contributed by atoms with E-state index in [2.05, 4.69) is 4.98 Å². The molecule has 2 unspecified atom stereocenters. The standard InChI is InChI=1S/C10H16N2O3/c1-7-4-12(3-2-9(7)14)10-11-8(5-13)6-15-10/h6-7,9,13-14H,2-5H2,1H3. The van der Waals surface area contributed by atoms with E-state index in [1.807, 2.05) is 11.8 Å². The predicted molar refractivity (Wildman–Crippen MR) is 54.4 cm³/mol. The third kappa shape index (κ3) is 2.13. The molecular formula is C10H16N2O3. The highest BCUT2D eigenvalue weighted by molar-refractivity contribution is 5.28. The molecule has 2 rings (SSSR count). The molecule has 0 radical (unpaired) electrons. The molecule has 15 heavy (non-hydrogen) atoms. The highest BCUT2D eigenvalue weighted by Gasteiger charge is 2.26. The van der Waals surface area contributed by atoms with E-state index >= 15 is 0 Å². The Kier molecular flexibility index (Phi) is 2.93. The lowest BCUT2D eigenvalue weighted by molar-refractivity contribution is 0.0956. The van der Waals surface area contributed by atoms with Crippen LogP contribution in [0, 0.1) is 5.92 Å². The summed E-state index contributed by atoms with van der Waals surface area (Å²) in [5, 5.41) is 18.4. The van der Waals surface area contributed by atoms with Crippen LogP contribution >= 0.6 is 0 Å². The van der Waals surface area contributed by atoms with Crippen LogP contribution in [0.5, 0.6) is 0 Å². The lowest BCUT2D eigenvalue weighted by Crippen LogP contribution is -2.42. The minimum Gasteiger partial charge on any atom is -0.432 e. The van der Waals surface area contributed by atoms with Gasteiger partial charge in [-0.15, -0.1) is 0 Å². The van der Waals surface area contributed by atoms with Crippen molar-refractivity contribution in [2.45, 2.75) is 26.1 Å². The average molecular weight is 212 g/mol. The van der Waals surface area contributed by atoms with Crippen molar-refractivity contribution in [2.24, 2.45) is 5.92 Å². The summed E-state index contributed by atoms with van der Waals surface area (Å²) in [6, 6.07) is 0.540. The maximum absolute atomic E-state index is 9.58. The minimum atomic E-state index is -0.228. The molecule has 5 heteroatoms. The van der Waals surface area contributed by atoms with Crippen molar-refractivity contribution in [3.05, 3.63) is 12.0 Å². The first-order chi connectivity index (χ1) is 7.20. The molecule has 1 saturated heterocycles. The molecule has 2 atom stereocenters. The maximum Gasteiger partial charge on any atom is 0.297 e. The molecule has 1 aromatic heterocycles. The van der Waals surface area contributed by atoms with Crippen LogP contribution in [0.2, 0.25) is 0 Å². The van der Waals surface area contributed by atoms with Gasteiger partial charge in [0.25, 0.3) is 6.01 Å². The summed E-state index contributed by atoms with van der Waals surface area (Å²) in [7, 11) is 0. The van der Waals surface area contributed by atoms with Gasteiger partial charge in [-0.2, -0.15) is 4.98 Å². The Morgan fingerprint density at radius 1 is 1.67 bits per heavy atom. The van der Waals surface area contributed by atoms with E-state index in [0.29, 0.717) is 11.7 Å². The Bertz CT molecular complexity index is 326. The number of aliphatic hydroxyl groups is 2. The van der Waals surface area contributed by atoms with Gasteiger partial charge in [0.05, 0.1) is 12.7 Å². The lowest BCUT2D eigenvalue weighted by atomic mass is 9.97. The monoisotopic (exact) mass is 212 g/mol. The summed E-state index contributed by atoms with van der Waals surface area (Å²) in [6.07, 6.45) is 1.97. The van der Waals surface area contributed by atoms with E-state index in [9.17, 15) is 5.11 Å². The van der Waals surface area contributed by atoms with Gasteiger partial charge in [-0.25, -0.2) is 0 Å². The zero-order valence-corrected chi connectivity index (χ0v) is 8.76. The van der Waals surface area contributed by atoms with Crippen LogP contribution in [-0.4, -0.2) is 34.4 Å². The summed E-state index contributed by atoms with van der Waals surface area (Å²) in [5.41, 5.74) is 0.545. The zero-order chi connectivity index (χ0) is 10.8. The van der Waals surface area contributed by atoms with Crippen LogP contribution < -0.4 is 4.90 Å². The van der Waals surface area contributed by atoms with Crippen LogP contribution in [-0.2, 0) is 6.61 Å². The van der Waals surface area contributed by atoms with Crippen LogP contribution in [0.1, 0.15) is 19.0 Å². The number of anilines is 1. The fourth-order valence-electron chi connectivity index (χ4n) is 1.82. The second-order valence-corrected chi connectivity index (χ2v) is 4.06. The second-order valence-electron chi connectivity index (χ2n) is 4.06. The topological polar surface area (TPSA) is 69.7 Å². The van der Waals surface area contributed by atoms with E-state index in [-0.39, 0.29) is 18.6 Å². The van der Waals surface area contributed by atoms with Gasteiger partial charge < -0.3 is 19.5 Å². The van der Waals surface area contributed by atoms with Crippen molar-refractivity contribution in [3.8, 4) is 0 Å². The Morgan fingerprint density at radius 2 is 2.47 bits per heavy atom. The summed E-state index contributed by atoms with van der Waals surface area (Å²) >= 11 is 0. The van der Waals surface area contributed by atoms with Gasteiger partial charge in [0.1, 0.15) is 12.0 Å². The molecule has 2 N–H and O–H groups in total. The number of oxazole rings is 1. The van der Waals surface area contributed by atoms with Gasteiger partial charge in [-0.1, -0.05) is 6.92 Å². The molecule has 2 heterocycles. The number of nitrogens with zero attached hydrogens (tertiary/aromatic N) is 2. The molecule has 0 saturated carbocycles. The Morgan fingerprint density at radius 3 is 3.07 bits per heavy atom. The van der Waals surface area contributed by atoms with E-state index < -0.39 is 0 Å². The highest BCUT2D eigenvalue weighted by atomic mass is 16.4. The number of hydrogen-bond donors (Lipinski definition) is 2. The molecule has 84 valence electrons.